The SMILES string of the molecule is CC1CCCN1CC1COC(c2ccc(OCCCCl)cc2)=N1. The normalized spacial score (nSPS) is 24.5. The third kappa shape index (κ3) is 4.39. The maximum atomic E-state index is 5.80. The van der Waals surface area contributed by atoms with Gasteiger partial charge in [0.05, 0.1) is 6.61 Å². The van der Waals surface area contributed by atoms with Crippen LogP contribution in [0.5, 0.6) is 5.75 Å². The second-order valence-corrected chi connectivity index (χ2v) is 6.68. The minimum atomic E-state index is 0.255. The molecule has 5 heteroatoms. The van der Waals surface area contributed by atoms with E-state index in [0.717, 1.165) is 30.2 Å². The third-order valence-electron chi connectivity index (χ3n) is 4.50. The van der Waals surface area contributed by atoms with Gasteiger partial charge in [0, 0.05) is 24.0 Å². The molecule has 3 rings (SSSR count). The fraction of sp³-hybridized carbons (Fsp3) is 0.611. The molecule has 0 aromatic heterocycles. The second-order valence-electron chi connectivity index (χ2n) is 6.30. The monoisotopic (exact) mass is 336 g/mol. The van der Waals surface area contributed by atoms with Gasteiger partial charge in [0.1, 0.15) is 18.4 Å². The number of ether oxygens (including phenoxy) is 2. The Morgan fingerprint density at radius 2 is 2.17 bits per heavy atom. The highest BCUT2D eigenvalue weighted by molar-refractivity contribution is 6.17. The van der Waals surface area contributed by atoms with E-state index in [9.17, 15) is 0 Å². The molecule has 0 N–H and O–H groups in total. The van der Waals surface area contributed by atoms with Gasteiger partial charge in [-0.2, -0.15) is 0 Å². The molecule has 2 aliphatic rings. The molecule has 2 aliphatic heterocycles. The Kier molecular flexibility index (Phi) is 5.79. The van der Waals surface area contributed by atoms with Crippen LogP contribution in [0.25, 0.3) is 0 Å². The average molecular weight is 337 g/mol. The van der Waals surface area contributed by atoms with Gasteiger partial charge in [0.25, 0.3) is 0 Å². The Morgan fingerprint density at radius 3 is 2.87 bits per heavy atom. The molecule has 0 bridgehead atoms. The van der Waals surface area contributed by atoms with Gasteiger partial charge in [0.15, 0.2) is 0 Å². The van der Waals surface area contributed by atoms with E-state index in [-0.39, 0.29) is 6.04 Å². The van der Waals surface area contributed by atoms with Gasteiger partial charge >= 0.3 is 0 Å². The summed E-state index contributed by atoms with van der Waals surface area (Å²) in [6.07, 6.45) is 3.46. The smallest absolute Gasteiger partial charge is 0.216 e. The second kappa shape index (κ2) is 8.02. The summed E-state index contributed by atoms with van der Waals surface area (Å²) in [5.41, 5.74) is 1.02. The van der Waals surface area contributed by atoms with Gasteiger partial charge < -0.3 is 9.47 Å². The molecule has 1 aromatic rings. The topological polar surface area (TPSA) is 34.1 Å². The van der Waals surface area contributed by atoms with Crippen LogP contribution in [0.2, 0.25) is 0 Å². The Hall–Kier alpha value is -1.26. The number of nitrogens with zero attached hydrogens (tertiary/aromatic N) is 2. The van der Waals surface area contributed by atoms with Crippen LogP contribution >= 0.6 is 11.6 Å². The first kappa shape index (κ1) is 16.6. The maximum Gasteiger partial charge on any atom is 0.216 e. The first-order valence-electron chi connectivity index (χ1n) is 8.50. The summed E-state index contributed by atoms with van der Waals surface area (Å²) in [5, 5.41) is 0. The van der Waals surface area contributed by atoms with Crippen molar-refractivity contribution in [3.05, 3.63) is 29.8 Å². The van der Waals surface area contributed by atoms with E-state index in [1.54, 1.807) is 0 Å². The molecule has 0 spiro atoms. The third-order valence-corrected chi connectivity index (χ3v) is 4.76. The van der Waals surface area contributed by atoms with E-state index in [2.05, 4.69) is 11.8 Å². The van der Waals surface area contributed by atoms with Crippen LogP contribution in [0.15, 0.2) is 29.3 Å². The van der Waals surface area contributed by atoms with E-state index in [1.807, 2.05) is 24.3 Å². The van der Waals surface area contributed by atoms with Crippen molar-refractivity contribution < 1.29 is 9.47 Å². The largest absolute Gasteiger partial charge is 0.494 e. The predicted molar refractivity (Wildman–Crippen MR) is 93.8 cm³/mol. The lowest BCUT2D eigenvalue weighted by atomic mass is 10.2. The molecule has 4 nitrogen and oxygen atoms in total. The van der Waals surface area contributed by atoms with Crippen LogP contribution < -0.4 is 4.74 Å². The number of halogens is 1. The summed E-state index contributed by atoms with van der Waals surface area (Å²) >= 11 is 5.65. The summed E-state index contributed by atoms with van der Waals surface area (Å²) in [4.78, 5) is 7.28. The Bertz CT molecular complexity index is 532. The maximum absolute atomic E-state index is 5.80. The van der Waals surface area contributed by atoms with Gasteiger partial charge in [-0.05, 0) is 57.0 Å². The van der Waals surface area contributed by atoms with Crippen molar-refractivity contribution in [1.29, 1.82) is 0 Å². The van der Waals surface area contributed by atoms with Crippen molar-refractivity contribution in [2.24, 2.45) is 4.99 Å². The summed E-state index contributed by atoms with van der Waals surface area (Å²) in [6, 6.07) is 8.88. The van der Waals surface area contributed by atoms with Crippen LogP contribution in [0.4, 0.5) is 0 Å². The number of likely N-dealkylation sites (tertiary alicyclic amines) is 1. The fourth-order valence-electron chi connectivity index (χ4n) is 3.14. The summed E-state index contributed by atoms with van der Waals surface area (Å²) < 4.78 is 11.4. The zero-order valence-corrected chi connectivity index (χ0v) is 14.5. The van der Waals surface area contributed by atoms with Crippen molar-refractivity contribution in [3.63, 3.8) is 0 Å². The number of hydrogen-bond donors (Lipinski definition) is 0. The zero-order valence-electron chi connectivity index (χ0n) is 13.7. The number of rotatable bonds is 7. The Balaban J connectivity index is 1.55. The van der Waals surface area contributed by atoms with Crippen LogP contribution in [-0.2, 0) is 4.74 Å². The summed E-state index contributed by atoms with van der Waals surface area (Å²) in [6.45, 7) is 5.83. The van der Waals surface area contributed by atoms with Crippen LogP contribution in [0.1, 0.15) is 31.7 Å². The first-order valence-corrected chi connectivity index (χ1v) is 9.03. The molecule has 1 fully saturated rings. The van der Waals surface area contributed by atoms with Crippen molar-refractivity contribution in [3.8, 4) is 5.75 Å². The van der Waals surface area contributed by atoms with Gasteiger partial charge in [-0.25, -0.2) is 4.99 Å². The quantitative estimate of drug-likeness (QED) is 0.566. The van der Waals surface area contributed by atoms with E-state index in [0.29, 0.717) is 25.1 Å². The van der Waals surface area contributed by atoms with Crippen molar-refractivity contribution in [2.75, 3.05) is 32.2 Å². The van der Waals surface area contributed by atoms with Gasteiger partial charge in [-0.15, -0.1) is 11.6 Å². The number of aliphatic imine (C=N–C) groups is 1. The van der Waals surface area contributed by atoms with E-state index >= 15 is 0 Å². The van der Waals surface area contributed by atoms with Gasteiger partial charge in [-0.1, -0.05) is 0 Å². The molecule has 0 saturated carbocycles. The molecule has 1 saturated heterocycles. The van der Waals surface area contributed by atoms with Crippen molar-refractivity contribution >= 4 is 17.5 Å². The molecule has 0 amide bonds. The molecule has 1 aromatic carbocycles. The molecule has 2 unspecified atom stereocenters. The number of alkyl halides is 1. The van der Waals surface area contributed by atoms with Crippen LogP contribution in [0, 0.1) is 0 Å². The van der Waals surface area contributed by atoms with Gasteiger partial charge in [0.2, 0.25) is 5.90 Å². The van der Waals surface area contributed by atoms with Crippen molar-refractivity contribution in [2.45, 2.75) is 38.3 Å². The Morgan fingerprint density at radius 1 is 1.35 bits per heavy atom. The minimum absolute atomic E-state index is 0.255. The lowest BCUT2D eigenvalue weighted by Gasteiger charge is -2.22. The summed E-state index contributed by atoms with van der Waals surface area (Å²) in [5.74, 6) is 2.24. The lowest BCUT2D eigenvalue weighted by molar-refractivity contribution is 0.225. The molecule has 2 heterocycles. The first-order chi connectivity index (χ1) is 11.3. The Labute approximate surface area is 143 Å². The van der Waals surface area contributed by atoms with E-state index < -0.39 is 0 Å². The minimum Gasteiger partial charge on any atom is -0.494 e. The molecule has 126 valence electrons. The highest BCUT2D eigenvalue weighted by Gasteiger charge is 2.27. The predicted octanol–water partition coefficient (Wildman–Crippen LogP) is 3.32. The standard InChI is InChI=1S/C18H25ClN2O2/c1-14-4-2-10-21(14)12-16-13-23-18(20-16)15-5-7-17(8-6-15)22-11-3-9-19/h5-8,14,16H,2-4,9-13H2,1H3. The van der Waals surface area contributed by atoms with E-state index in [1.165, 1.54) is 19.4 Å². The van der Waals surface area contributed by atoms with Crippen LogP contribution in [-0.4, -0.2) is 55.1 Å². The molecule has 0 radical (unpaired) electrons. The van der Waals surface area contributed by atoms with Crippen LogP contribution in [0.3, 0.4) is 0 Å². The summed E-state index contributed by atoms with van der Waals surface area (Å²) in [7, 11) is 0. The number of benzene rings is 1. The fourth-order valence-corrected chi connectivity index (χ4v) is 3.25. The highest BCUT2D eigenvalue weighted by Crippen LogP contribution is 2.21. The van der Waals surface area contributed by atoms with Crippen molar-refractivity contribution in [1.82, 2.24) is 4.90 Å². The molecule has 23 heavy (non-hydrogen) atoms. The van der Waals surface area contributed by atoms with E-state index in [4.69, 9.17) is 26.1 Å². The average Bonchev–Trinajstić information content (AvgIpc) is 3.19. The molecular formula is C18H25ClN2O2. The zero-order chi connectivity index (χ0) is 16.1. The molecule has 2 atom stereocenters. The van der Waals surface area contributed by atoms with Gasteiger partial charge in [-0.3, -0.25) is 4.90 Å². The molecular weight excluding hydrogens is 312 g/mol. The lowest BCUT2D eigenvalue weighted by Crippen LogP contribution is -2.34. The highest BCUT2D eigenvalue weighted by atomic mass is 35.5. The number of hydrogen-bond acceptors (Lipinski definition) is 4. The molecule has 0 aliphatic carbocycles.